The highest BCUT2D eigenvalue weighted by atomic mass is 79.9. The van der Waals surface area contributed by atoms with Crippen LogP contribution in [0, 0.1) is 4.77 Å². The van der Waals surface area contributed by atoms with Gasteiger partial charge in [-0.15, -0.1) is 0 Å². The molecule has 0 spiro atoms. The smallest absolute Gasteiger partial charge is 0.293 e. The van der Waals surface area contributed by atoms with Gasteiger partial charge in [0, 0.05) is 10.0 Å². The molecule has 0 amide bonds. The van der Waals surface area contributed by atoms with Crippen molar-refractivity contribution in [1.29, 1.82) is 0 Å². The highest BCUT2D eigenvalue weighted by Gasteiger charge is 2.05. The van der Waals surface area contributed by atoms with E-state index in [4.69, 9.17) is 12.2 Å². The zero-order valence-electron chi connectivity index (χ0n) is 9.17. The quantitative estimate of drug-likeness (QED) is 0.593. The van der Waals surface area contributed by atoms with Crippen molar-refractivity contribution in [1.82, 2.24) is 14.9 Å². The van der Waals surface area contributed by atoms with Gasteiger partial charge in [-0.05, 0) is 40.3 Å². The average Bonchev–Trinajstić information content (AvgIpc) is 2.34. The Labute approximate surface area is 129 Å². The Morgan fingerprint density at radius 2 is 2.21 bits per heavy atom. The number of aromatic hydroxyl groups is 1. The highest BCUT2D eigenvalue weighted by molar-refractivity contribution is 9.11. The second kappa shape index (κ2) is 5.76. The van der Waals surface area contributed by atoms with Gasteiger partial charge < -0.3 is 5.11 Å². The van der Waals surface area contributed by atoms with Gasteiger partial charge >= 0.3 is 0 Å². The molecule has 0 unspecified atom stereocenters. The molecule has 0 atom stereocenters. The maximum Gasteiger partial charge on any atom is 0.293 e. The molecular weight excluding hydrogens is 400 g/mol. The summed E-state index contributed by atoms with van der Waals surface area (Å²) in [6, 6.07) is 3.35. The molecule has 0 saturated heterocycles. The van der Waals surface area contributed by atoms with Crippen LogP contribution in [-0.2, 0) is 0 Å². The summed E-state index contributed by atoms with van der Waals surface area (Å²) >= 11 is 11.4. The Bertz CT molecular complexity index is 741. The SMILES string of the molecule is O=c1cn[nH]c(=S)n1/N=C/c1cc(Br)cc(Br)c1O. The fourth-order valence-corrected chi connectivity index (χ4v) is 2.71. The summed E-state index contributed by atoms with van der Waals surface area (Å²) in [6.07, 6.45) is 2.39. The van der Waals surface area contributed by atoms with Crippen molar-refractivity contribution in [2.75, 3.05) is 0 Å². The van der Waals surface area contributed by atoms with Gasteiger partial charge in [-0.3, -0.25) is 9.89 Å². The molecule has 0 radical (unpaired) electrons. The lowest BCUT2D eigenvalue weighted by Crippen LogP contribution is -2.18. The number of halogens is 2. The standard InChI is InChI=1S/C10H6Br2N4O2S/c11-6-1-5(9(18)7(12)2-6)3-14-16-8(17)4-13-15-10(16)19/h1-4,18H,(H,15,19)/b14-3+. The zero-order chi connectivity index (χ0) is 14.0. The number of nitrogens with one attached hydrogen (secondary N) is 1. The Hall–Kier alpha value is -1.32. The van der Waals surface area contributed by atoms with Gasteiger partial charge in [-0.25, -0.2) is 0 Å². The van der Waals surface area contributed by atoms with Crippen molar-refractivity contribution in [3.63, 3.8) is 0 Å². The van der Waals surface area contributed by atoms with E-state index < -0.39 is 5.56 Å². The van der Waals surface area contributed by atoms with Gasteiger partial charge in [0.1, 0.15) is 11.9 Å². The highest BCUT2D eigenvalue weighted by Crippen LogP contribution is 2.30. The number of aromatic nitrogens is 3. The van der Waals surface area contributed by atoms with Crippen LogP contribution in [0.3, 0.4) is 0 Å². The summed E-state index contributed by atoms with van der Waals surface area (Å²) in [7, 11) is 0. The molecule has 0 aliphatic heterocycles. The van der Waals surface area contributed by atoms with E-state index in [2.05, 4.69) is 47.2 Å². The van der Waals surface area contributed by atoms with Crippen LogP contribution in [0.5, 0.6) is 5.75 Å². The first-order chi connectivity index (χ1) is 8.99. The molecule has 0 bridgehead atoms. The molecule has 2 rings (SSSR count). The number of benzene rings is 1. The molecule has 1 aromatic heterocycles. The van der Waals surface area contributed by atoms with Crippen LogP contribution in [-0.4, -0.2) is 26.2 Å². The third-order valence-corrected chi connectivity index (χ3v) is 3.43. The molecule has 98 valence electrons. The molecular formula is C10H6Br2N4O2S. The zero-order valence-corrected chi connectivity index (χ0v) is 13.2. The van der Waals surface area contributed by atoms with Crippen LogP contribution in [0.25, 0.3) is 0 Å². The number of aromatic amines is 1. The van der Waals surface area contributed by atoms with E-state index in [9.17, 15) is 9.90 Å². The predicted molar refractivity (Wildman–Crippen MR) is 80.2 cm³/mol. The second-order valence-corrected chi connectivity index (χ2v) is 5.55. The molecule has 0 saturated carbocycles. The van der Waals surface area contributed by atoms with Crippen molar-refractivity contribution in [3.8, 4) is 5.75 Å². The van der Waals surface area contributed by atoms with E-state index >= 15 is 0 Å². The average molecular weight is 406 g/mol. The van der Waals surface area contributed by atoms with Crippen LogP contribution in [0.2, 0.25) is 0 Å². The molecule has 1 aromatic carbocycles. The van der Waals surface area contributed by atoms with Crippen LogP contribution >= 0.6 is 44.1 Å². The van der Waals surface area contributed by atoms with Crippen molar-refractivity contribution in [2.24, 2.45) is 5.10 Å². The number of nitrogens with zero attached hydrogens (tertiary/aromatic N) is 3. The van der Waals surface area contributed by atoms with E-state index in [0.29, 0.717) is 10.0 Å². The third-order valence-electron chi connectivity index (χ3n) is 2.11. The number of phenolic OH excluding ortho intramolecular Hbond substituents is 1. The molecule has 6 nitrogen and oxygen atoms in total. The first kappa shape index (κ1) is 14.1. The normalized spacial score (nSPS) is 11.1. The molecule has 0 fully saturated rings. The predicted octanol–water partition coefficient (Wildman–Crippen LogP) is 2.41. The van der Waals surface area contributed by atoms with Gasteiger partial charge in [0.15, 0.2) is 0 Å². The van der Waals surface area contributed by atoms with Gasteiger partial charge in [0.05, 0.1) is 10.7 Å². The number of hydrogen-bond acceptors (Lipinski definition) is 5. The van der Waals surface area contributed by atoms with Crippen molar-refractivity contribution < 1.29 is 5.11 Å². The number of hydrogen-bond donors (Lipinski definition) is 2. The Morgan fingerprint density at radius 3 is 2.89 bits per heavy atom. The molecule has 0 aliphatic carbocycles. The van der Waals surface area contributed by atoms with Crippen LogP contribution in [0.1, 0.15) is 5.56 Å². The molecule has 2 aromatic rings. The molecule has 9 heteroatoms. The molecule has 0 aliphatic rings. The summed E-state index contributed by atoms with van der Waals surface area (Å²) in [5.41, 5.74) is -0.0343. The topological polar surface area (TPSA) is 83.3 Å². The fraction of sp³-hybridized carbons (Fsp3) is 0. The summed E-state index contributed by atoms with van der Waals surface area (Å²) in [6.45, 7) is 0. The van der Waals surface area contributed by atoms with E-state index in [1.165, 1.54) is 6.21 Å². The lowest BCUT2D eigenvalue weighted by molar-refractivity contribution is 0.471. The first-order valence-corrected chi connectivity index (χ1v) is 6.87. The molecule has 19 heavy (non-hydrogen) atoms. The van der Waals surface area contributed by atoms with Crippen LogP contribution in [0.4, 0.5) is 0 Å². The Morgan fingerprint density at radius 1 is 1.47 bits per heavy atom. The van der Waals surface area contributed by atoms with Gasteiger partial charge in [0.2, 0.25) is 4.77 Å². The largest absolute Gasteiger partial charge is 0.506 e. The molecule has 1 heterocycles. The summed E-state index contributed by atoms with van der Waals surface area (Å²) in [5.74, 6) is 0.0175. The second-order valence-electron chi connectivity index (χ2n) is 3.40. The Kier molecular flexibility index (Phi) is 4.27. The lowest BCUT2D eigenvalue weighted by atomic mass is 10.2. The van der Waals surface area contributed by atoms with E-state index in [1.807, 2.05) is 0 Å². The summed E-state index contributed by atoms with van der Waals surface area (Å²) in [4.78, 5) is 11.5. The van der Waals surface area contributed by atoms with Crippen molar-refractivity contribution in [3.05, 3.63) is 48.0 Å². The maximum atomic E-state index is 11.5. The monoisotopic (exact) mass is 404 g/mol. The van der Waals surface area contributed by atoms with E-state index in [-0.39, 0.29) is 10.5 Å². The minimum atomic E-state index is -0.464. The maximum absolute atomic E-state index is 11.5. The molecule has 2 N–H and O–H groups in total. The minimum Gasteiger partial charge on any atom is -0.506 e. The number of phenols is 1. The van der Waals surface area contributed by atoms with Gasteiger partial charge in [-0.2, -0.15) is 14.9 Å². The minimum absolute atomic E-state index is 0.0175. The van der Waals surface area contributed by atoms with Crippen LogP contribution < -0.4 is 5.56 Å². The van der Waals surface area contributed by atoms with Crippen molar-refractivity contribution in [2.45, 2.75) is 0 Å². The number of rotatable bonds is 2. The summed E-state index contributed by atoms with van der Waals surface area (Å²) in [5, 5.41) is 19.8. The van der Waals surface area contributed by atoms with Gasteiger partial charge in [0.25, 0.3) is 5.56 Å². The third kappa shape index (κ3) is 3.17. The first-order valence-electron chi connectivity index (χ1n) is 4.88. The van der Waals surface area contributed by atoms with E-state index in [0.717, 1.165) is 15.3 Å². The Balaban J connectivity index is 2.50. The lowest BCUT2D eigenvalue weighted by Gasteiger charge is -2.03. The van der Waals surface area contributed by atoms with Crippen molar-refractivity contribution >= 4 is 50.3 Å². The fourth-order valence-electron chi connectivity index (χ4n) is 1.26. The summed E-state index contributed by atoms with van der Waals surface area (Å²) < 4.78 is 2.30. The van der Waals surface area contributed by atoms with Crippen LogP contribution in [0.15, 0.2) is 37.2 Å². The number of H-pyrrole nitrogens is 1. The van der Waals surface area contributed by atoms with Gasteiger partial charge in [-0.1, -0.05) is 15.9 Å². The van der Waals surface area contributed by atoms with E-state index in [1.54, 1.807) is 12.1 Å².